The summed E-state index contributed by atoms with van der Waals surface area (Å²) in [5.41, 5.74) is 0.537. The molecule has 0 aliphatic rings. The van der Waals surface area contributed by atoms with E-state index >= 15 is 0 Å². The van der Waals surface area contributed by atoms with E-state index in [1.165, 1.54) is 6.26 Å². The molecule has 122 valence electrons. The van der Waals surface area contributed by atoms with Gasteiger partial charge in [-0.3, -0.25) is 4.79 Å². The predicted molar refractivity (Wildman–Crippen MR) is 87.3 cm³/mol. The van der Waals surface area contributed by atoms with Crippen molar-refractivity contribution in [3.05, 3.63) is 66.6 Å². The second-order valence-electron chi connectivity index (χ2n) is 5.27. The minimum absolute atomic E-state index is 0.195. The zero-order valence-corrected chi connectivity index (χ0v) is 13.1. The molecule has 0 saturated heterocycles. The third-order valence-corrected chi connectivity index (χ3v) is 3.31. The zero-order valence-electron chi connectivity index (χ0n) is 13.1. The molecule has 0 saturated carbocycles. The fourth-order valence-corrected chi connectivity index (χ4v) is 2.16. The van der Waals surface area contributed by atoms with Gasteiger partial charge in [-0.1, -0.05) is 12.7 Å². The molecule has 2 atom stereocenters. The normalized spacial score (nSPS) is 13.1. The van der Waals surface area contributed by atoms with Gasteiger partial charge in [-0.05, 0) is 43.3 Å². The van der Waals surface area contributed by atoms with Gasteiger partial charge in [0.05, 0.1) is 6.26 Å². The van der Waals surface area contributed by atoms with E-state index in [1.54, 1.807) is 42.5 Å². The molecule has 0 aliphatic carbocycles. The first-order valence-electron chi connectivity index (χ1n) is 7.46. The third-order valence-electron chi connectivity index (χ3n) is 3.31. The van der Waals surface area contributed by atoms with Gasteiger partial charge in [0.25, 0.3) is 5.91 Å². The molecule has 1 heterocycles. The van der Waals surface area contributed by atoms with Crippen LogP contribution in [0.5, 0.6) is 5.75 Å². The molecule has 2 rings (SSSR count). The van der Waals surface area contributed by atoms with Crippen molar-refractivity contribution in [2.45, 2.75) is 25.5 Å². The number of carbonyl (C=O) groups is 1. The Balaban J connectivity index is 1.86. The van der Waals surface area contributed by atoms with Crippen LogP contribution in [-0.2, 0) is 0 Å². The lowest BCUT2D eigenvalue weighted by Gasteiger charge is -2.16. The second-order valence-corrected chi connectivity index (χ2v) is 5.27. The Kier molecular flexibility index (Phi) is 6.00. The summed E-state index contributed by atoms with van der Waals surface area (Å²) in [4.78, 5) is 12.2. The van der Waals surface area contributed by atoms with Crippen LogP contribution < -0.4 is 10.1 Å². The summed E-state index contributed by atoms with van der Waals surface area (Å²) in [5, 5.41) is 12.9. The third kappa shape index (κ3) is 5.00. The van der Waals surface area contributed by atoms with Crippen molar-refractivity contribution in [1.82, 2.24) is 5.32 Å². The van der Waals surface area contributed by atoms with Crippen molar-refractivity contribution in [2.24, 2.45) is 0 Å². The number of aliphatic hydroxyl groups excluding tert-OH is 1. The van der Waals surface area contributed by atoms with E-state index in [1.807, 2.05) is 6.92 Å². The summed E-state index contributed by atoms with van der Waals surface area (Å²) in [6.45, 7) is 5.84. The van der Waals surface area contributed by atoms with Crippen LogP contribution in [0.15, 0.2) is 59.7 Å². The second kappa shape index (κ2) is 8.19. The average Bonchev–Trinajstić information content (AvgIpc) is 3.07. The van der Waals surface area contributed by atoms with Crippen molar-refractivity contribution in [3.8, 4) is 5.75 Å². The maximum Gasteiger partial charge on any atom is 0.251 e. The summed E-state index contributed by atoms with van der Waals surface area (Å²) in [7, 11) is 0. The number of benzene rings is 1. The molecule has 0 fully saturated rings. The highest BCUT2D eigenvalue weighted by Crippen LogP contribution is 2.19. The van der Waals surface area contributed by atoms with Crippen LogP contribution in [0, 0.1) is 0 Å². The number of furan rings is 1. The fraction of sp³-hybridized carbons (Fsp3) is 0.278. The van der Waals surface area contributed by atoms with Crippen molar-refractivity contribution in [1.29, 1.82) is 0 Å². The van der Waals surface area contributed by atoms with Gasteiger partial charge in [-0.25, -0.2) is 0 Å². The van der Waals surface area contributed by atoms with Gasteiger partial charge in [-0.2, -0.15) is 0 Å². The Hall–Kier alpha value is -2.53. The van der Waals surface area contributed by atoms with Crippen LogP contribution in [0.1, 0.15) is 35.6 Å². The van der Waals surface area contributed by atoms with Crippen molar-refractivity contribution in [2.75, 3.05) is 6.61 Å². The molecule has 1 amide bonds. The highest BCUT2D eigenvalue weighted by atomic mass is 16.5. The van der Waals surface area contributed by atoms with Crippen LogP contribution in [0.3, 0.4) is 0 Å². The van der Waals surface area contributed by atoms with Gasteiger partial charge in [0.15, 0.2) is 0 Å². The van der Waals surface area contributed by atoms with Crippen molar-refractivity contribution >= 4 is 5.91 Å². The van der Waals surface area contributed by atoms with Crippen molar-refractivity contribution < 1.29 is 19.1 Å². The molecule has 0 radical (unpaired) electrons. The SMILES string of the molecule is C=CCOc1ccc(C(=O)NC(C)CC(O)c2ccco2)cc1. The molecule has 0 bridgehead atoms. The van der Waals surface area contributed by atoms with E-state index in [0.29, 0.717) is 30.1 Å². The van der Waals surface area contributed by atoms with Crippen LogP contribution in [0.2, 0.25) is 0 Å². The Morgan fingerprint density at radius 2 is 2.13 bits per heavy atom. The van der Waals surface area contributed by atoms with E-state index in [-0.39, 0.29) is 11.9 Å². The van der Waals surface area contributed by atoms with E-state index < -0.39 is 6.10 Å². The summed E-state index contributed by atoms with van der Waals surface area (Å²) >= 11 is 0. The van der Waals surface area contributed by atoms with Gasteiger partial charge in [-0.15, -0.1) is 0 Å². The molecule has 5 nitrogen and oxygen atoms in total. The number of hydrogen-bond acceptors (Lipinski definition) is 4. The van der Waals surface area contributed by atoms with E-state index in [2.05, 4.69) is 11.9 Å². The smallest absolute Gasteiger partial charge is 0.251 e. The molecule has 2 aromatic rings. The van der Waals surface area contributed by atoms with Crippen molar-refractivity contribution in [3.63, 3.8) is 0 Å². The van der Waals surface area contributed by atoms with Crippen LogP contribution >= 0.6 is 0 Å². The Bertz CT molecular complexity index is 619. The first kappa shape index (κ1) is 16.8. The number of amides is 1. The van der Waals surface area contributed by atoms with Gasteiger partial charge in [0, 0.05) is 18.0 Å². The minimum atomic E-state index is -0.741. The molecule has 0 aliphatic heterocycles. The van der Waals surface area contributed by atoms with Crippen LogP contribution in [0.25, 0.3) is 0 Å². The van der Waals surface area contributed by atoms with Gasteiger partial charge < -0.3 is 19.6 Å². The topological polar surface area (TPSA) is 71.7 Å². The standard InChI is InChI=1S/C18H21NO4/c1-3-10-22-15-8-6-14(7-9-15)18(21)19-13(2)12-16(20)17-5-4-11-23-17/h3-9,11,13,16,20H,1,10,12H2,2H3,(H,19,21). The summed E-state index contributed by atoms with van der Waals surface area (Å²) < 4.78 is 10.5. The lowest BCUT2D eigenvalue weighted by atomic mass is 10.1. The highest BCUT2D eigenvalue weighted by molar-refractivity contribution is 5.94. The van der Waals surface area contributed by atoms with E-state index in [9.17, 15) is 9.90 Å². The molecule has 1 aromatic heterocycles. The Labute approximate surface area is 135 Å². The van der Waals surface area contributed by atoms with Crippen LogP contribution in [-0.4, -0.2) is 23.7 Å². The fourth-order valence-electron chi connectivity index (χ4n) is 2.16. The molecule has 23 heavy (non-hydrogen) atoms. The average molecular weight is 315 g/mol. The van der Waals surface area contributed by atoms with E-state index in [4.69, 9.17) is 9.15 Å². The summed E-state index contributed by atoms with van der Waals surface area (Å²) in [6, 6.07) is 10.1. The molecular weight excluding hydrogens is 294 g/mol. The number of carbonyl (C=O) groups excluding carboxylic acids is 1. The number of nitrogens with one attached hydrogen (secondary N) is 1. The molecular formula is C18H21NO4. The quantitative estimate of drug-likeness (QED) is 0.734. The lowest BCUT2D eigenvalue weighted by molar-refractivity contribution is 0.0903. The number of hydrogen-bond donors (Lipinski definition) is 2. The Morgan fingerprint density at radius 3 is 2.74 bits per heavy atom. The maximum atomic E-state index is 12.2. The molecule has 5 heteroatoms. The minimum Gasteiger partial charge on any atom is -0.490 e. The maximum absolute atomic E-state index is 12.2. The number of rotatable bonds is 8. The van der Waals surface area contributed by atoms with E-state index in [0.717, 1.165) is 0 Å². The zero-order chi connectivity index (χ0) is 16.7. The molecule has 2 N–H and O–H groups in total. The van der Waals surface area contributed by atoms with Gasteiger partial charge in [0.1, 0.15) is 24.2 Å². The predicted octanol–water partition coefficient (Wildman–Crippen LogP) is 3.09. The first-order chi connectivity index (χ1) is 11.1. The number of ether oxygens (including phenoxy) is 1. The van der Waals surface area contributed by atoms with Gasteiger partial charge >= 0.3 is 0 Å². The first-order valence-corrected chi connectivity index (χ1v) is 7.46. The summed E-state index contributed by atoms with van der Waals surface area (Å²) in [5.74, 6) is 0.983. The lowest BCUT2D eigenvalue weighted by Crippen LogP contribution is -2.33. The molecule has 1 aromatic carbocycles. The molecule has 0 spiro atoms. The highest BCUT2D eigenvalue weighted by Gasteiger charge is 2.17. The Morgan fingerprint density at radius 1 is 1.39 bits per heavy atom. The van der Waals surface area contributed by atoms with Crippen LogP contribution in [0.4, 0.5) is 0 Å². The number of aliphatic hydroxyl groups is 1. The molecule has 2 unspecified atom stereocenters. The van der Waals surface area contributed by atoms with Gasteiger partial charge in [0.2, 0.25) is 0 Å². The monoisotopic (exact) mass is 315 g/mol. The largest absolute Gasteiger partial charge is 0.490 e. The summed E-state index contributed by atoms with van der Waals surface area (Å²) in [6.07, 6.45) is 2.81.